The summed E-state index contributed by atoms with van der Waals surface area (Å²) in [6.07, 6.45) is -10.6. The summed E-state index contributed by atoms with van der Waals surface area (Å²) in [4.78, 5) is 11.2. The number of sulfone groups is 1. The zero-order chi connectivity index (χ0) is 31.1. The van der Waals surface area contributed by atoms with Crippen molar-refractivity contribution in [2.24, 2.45) is 11.3 Å². The number of alkyl halides is 8. The molecule has 1 heterocycles. The second-order valence-corrected chi connectivity index (χ2v) is 12.0. The van der Waals surface area contributed by atoms with Crippen molar-refractivity contribution in [2.45, 2.75) is 55.6 Å². The van der Waals surface area contributed by atoms with Crippen LogP contribution in [0, 0.1) is 17.2 Å². The van der Waals surface area contributed by atoms with E-state index in [1.54, 1.807) is 0 Å². The molecule has 0 aliphatic carbocycles. The van der Waals surface area contributed by atoms with Crippen LogP contribution >= 0.6 is 0 Å². The first kappa shape index (κ1) is 32.3. The van der Waals surface area contributed by atoms with Gasteiger partial charge in [0, 0.05) is 30.6 Å². The summed E-state index contributed by atoms with van der Waals surface area (Å²) in [5.41, 5.74) is -8.49. The van der Waals surface area contributed by atoms with Crippen molar-refractivity contribution in [1.29, 1.82) is 0 Å². The Morgan fingerprint density at radius 1 is 1.10 bits per heavy atom. The van der Waals surface area contributed by atoms with Crippen LogP contribution in [0.2, 0.25) is 0 Å². The molecule has 0 unspecified atom stereocenters. The molecular formula is C25H24F9NO5S. The monoisotopic (exact) mass is 621 g/mol. The number of halogens is 9. The molecule has 0 saturated heterocycles. The van der Waals surface area contributed by atoms with Gasteiger partial charge in [0.2, 0.25) is 21.3 Å². The summed E-state index contributed by atoms with van der Waals surface area (Å²) < 4.78 is 157. The Morgan fingerprint density at radius 3 is 2.17 bits per heavy atom. The van der Waals surface area contributed by atoms with E-state index in [9.17, 15) is 48.3 Å². The summed E-state index contributed by atoms with van der Waals surface area (Å²) >= 11 is 0. The second kappa shape index (κ2) is 11.2. The number of carboxylic acids is 1. The van der Waals surface area contributed by atoms with E-state index in [0.29, 0.717) is 13.8 Å². The lowest BCUT2D eigenvalue weighted by Gasteiger charge is -2.29. The number of benzene rings is 2. The van der Waals surface area contributed by atoms with E-state index in [2.05, 4.69) is 0 Å². The van der Waals surface area contributed by atoms with Gasteiger partial charge in [0.15, 0.2) is 5.41 Å². The van der Waals surface area contributed by atoms with Crippen molar-refractivity contribution < 1.29 is 62.6 Å². The largest absolute Gasteiger partial charge is 0.491 e. The number of ether oxygens (including phenoxy) is 1. The SMILES string of the molecule is CC(F)(F)CC[C@@H]1CN(c2ccc(F)cc2)c2cc(C(F)(F)F)c(OC[C@@](C)(C(=O)O)C(F)F)cc2S(=O)(=O)[C@@H]1F. The van der Waals surface area contributed by atoms with Crippen molar-refractivity contribution in [1.82, 2.24) is 0 Å². The number of fused-ring (bicyclic) bond motifs is 1. The standard InChI is InChI=1S/C25H24F9NO5S/c1-23(21(28)29,22(36)37)12-40-18-10-19-17(9-16(18)25(32,33)34)35(15-5-3-14(26)4-6-15)11-13(7-8-24(2,30)31)20(27)41(19,38)39/h3-6,9-10,13,20-21H,7-8,11-12H2,1-2H3,(H,36,37)/t13-,20+,23-/m1/s1. The highest BCUT2D eigenvalue weighted by atomic mass is 32.2. The van der Waals surface area contributed by atoms with E-state index < -0.39 is 105 Å². The van der Waals surface area contributed by atoms with Gasteiger partial charge in [0.25, 0.3) is 6.43 Å². The minimum Gasteiger partial charge on any atom is -0.491 e. The molecule has 16 heteroatoms. The number of hydrogen-bond acceptors (Lipinski definition) is 5. The summed E-state index contributed by atoms with van der Waals surface area (Å²) in [7, 11) is -5.23. The van der Waals surface area contributed by atoms with E-state index in [1.807, 2.05) is 0 Å². The van der Waals surface area contributed by atoms with E-state index >= 15 is 4.39 Å². The number of carboxylic acid groups (broad SMARTS) is 1. The fourth-order valence-electron chi connectivity index (χ4n) is 4.09. The molecule has 0 aromatic heterocycles. The predicted octanol–water partition coefficient (Wildman–Crippen LogP) is 6.85. The first-order valence-corrected chi connectivity index (χ1v) is 13.4. The van der Waals surface area contributed by atoms with Crippen LogP contribution in [0.3, 0.4) is 0 Å². The lowest BCUT2D eigenvalue weighted by atomic mass is 9.93. The number of carbonyl (C=O) groups is 1. The predicted molar refractivity (Wildman–Crippen MR) is 128 cm³/mol. The van der Waals surface area contributed by atoms with E-state index in [1.165, 1.54) is 0 Å². The molecule has 41 heavy (non-hydrogen) atoms. The Morgan fingerprint density at radius 2 is 1.68 bits per heavy atom. The van der Waals surface area contributed by atoms with Crippen LogP contribution in [0.15, 0.2) is 41.3 Å². The van der Waals surface area contributed by atoms with E-state index in [-0.39, 0.29) is 17.8 Å². The van der Waals surface area contributed by atoms with Gasteiger partial charge in [0.1, 0.15) is 18.2 Å². The van der Waals surface area contributed by atoms with Gasteiger partial charge in [-0.3, -0.25) is 4.79 Å². The Hall–Kier alpha value is -3.17. The minimum atomic E-state index is -5.32. The smallest absolute Gasteiger partial charge is 0.420 e. The highest BCUT2D eigenvalue weighted by Crippen LogP contribution is 2.48. The van der Waals surface area contributed by atoms with Crippen molar-refractivity contribution in [3.05, 3.63) is 47.8 Å². The number of hydrogen-bond donors (Lipinski definition) is 1. The van der Waals surface area contributed by atoms with Gasteiger partial charge in [-0.05, 0) is 50.6 Å². The average Bonchev–Trinajstić information content (AvgIpc) is 2.93. The van der Waals surface area contributed by atoms with Crippen molar-refractivity contribution in [3.8, 4) is 5.75 Å². The van der Waals surface area contributed by atoms with Crippen molar-refractivity contribution in [3.63, 3.8) is 0 Å². The molecule has 2 aromatic carbocycles. The molecule has 0 bridgehead atoms. The molecule has 0 radical (unpaired) electrons. The Kier molecular flexibility index (Phi) is 8.88. The molecule has 3 atom stereocenters. The highest BCUT2D eigenvalue weighted by Gasteiger charge is 2.47. The maximum atomic E-state index is 15.6. The van der Waals surface area contributed by atoms with Crippen LogP contribution < -0.4 is 9.64 Å². The fraction of sp³-hybridized carbons (Fsp3) is 0.480. The number of nitrogens with zero attached hydrogens (tertiary/aromatic N) is 1. The van der Waals surface area contributed by atoms with Gasteiger partial charge >= 0.3 is 12.1 Å². The highest BCUT2D eigenvalue weighted by molar-refractivity contribution is 7.92. The first-order chi connectivity index (χ1) is 18.7. The molecule has 0 fully saturated rings. The molecule has 0 saturated carbocycles. The van der Waals surface area contributed by atoms with Gasteiger partial charge in [-0.15, -0.1) is 0 Å². The Bertz CT molecular complexity index is 1380. The Labute approximate surface area is 228 Å². The average molecular weight is 622 g/mol. The number of aliphatic carboxylic acids is 1. The van der Waals surface area contributed by atoms with Gasteiger partial charge in [-0.2, -0.15) is 13.2 Å². The van der Waals surface area contributed by atoms with E-state index in [4.69, 9.17) is 9.84 Å². The van der Waals surface area contributed by atoms with Gasteiger partial charge in [-0.25, -0.2) is 34.8 Å². The maximum Gasteiger partial charge on any atom is 0.420 e. The topological polar surface area (TPSA) is 83.9 Å². The molecule has 6 nitrogen and oxygen atoms in total. The fourth-order valence-corrected chi connectivity index (χ4v) is 5.80. The number of anilines is 2. The third-order valence-corrected chi connectivity index (χ3v) is 8.56. The van der Waals surface area contributed by atoms with Crippen molar-refractivity contribution >= 4 is 27.2 Å². The van der Waals surface area contributed by atoms with Crippen LogP contribution in [-0.2, 0) is 20.8 Å². The summed E-state index contributed by atoms with van der Waals surface area (Å²) in [6, 6.07) is 4.35. The van der Waals surface area contributed by atoms with Crippen LogP contribution in [-0.4, -0.2) is 50.5 Å². The third-order valence-electron chi connectivity index (χ3n) is 6.64. The van der Waals surface area contributed by atoms with Gasteiger partial charge in [0.05, 0.1) is 16.1 Å². The molecular weight excluding hydrogens is 597 g/mol. The maximum absolute atomic E-state index is 15.6. The Balaban J connectivity index is 2.27. The lowest BCUT2D eigenvalue weighted by molar-refractivity contribution is -0.161. The van der Waals surface area contributed by atoms with Crippen LogP contribution in [0.25, 0.3) is 0 Å². The molecule has 1 N–H and O–H groups in total. The molecule has 0 spiro atoms. The van der Waals surface area contributed by atoms with E-state index in [0.717, 1.165) is 29.2 Å². The minimum absolute atomic E-state index is 0.108. The quantitative estimate of drug-likeness (QED) is 0.309. The zero-order valence-corrected chi connectivity index (χ0v) is 22.2. The molecule has 0 amide bonds. The normalized spacial score (nSPS) is 20.7. The summed E-state index contributed by atoms with van der Waals surface area (Å²) in [6.45, 7) is -1.23. The summed E-state index contributed by atoms with van der Waals surface area (Å²) in [5, 5.41) is 9.16. The van der Waals surface area contributed by atoms with Crippen LogP contribution in [0.1, 0.15) is 32.3 Å². The zero-order valence-electron chi connectivity index (χ0n) is 21.4. The third kappa shape index (κ3) is 6.84. The van der Waals surface area contributed by atoms with Crippen LogP contribution in [0.5, 0.6) is 5.75 Å². The van der Waals surface area contributed by atoms with Gasteiger partial charge < -0.3 is 14.7 Å². The molecule has 228 valence electrons. The molecule has 1 aliphatic heterocycles. The molecule has 3 rings (SSSR count). The first-order valence-electron chi connectivity index (χ1n) is 11.9. The lowest BCUT2D eigenvalue weighted by Crippen LogP contribution is -2.41. The van der Waals surface area contributed by atoms with Crippen LogP contribution in [0.4, 0.5) is 50.9 Å². The molecule has 2 aromatic rings. The summed E-state index contributed by atoms with van der Waals surface area (Å²) in [5.74, 6) is -9.31. The number of rotatable bonds is 9. The van der Waals surface area contributed by atoms with Crippen molar-refractivity contribution in [2.75, 3.05) is 18.1 Å². The second-order valence-electron chi connectivity index (χ2n) is 9.98. The molecule has 1 aliphatic rings. The van der Waals surface area contributed by atoms with Gasteiger partial charge in [-0.1, -0.05) is 0 Å².